The van der Waals surface area contributed by atoms with Crippen LogP contribution < -0.4 is 9.64 Å². The number of fused-ring (bicyclic) bond motifs is 1. The van der Waals surface area contributed by atoms with Crippen molar-refractivity contribution in [3.63, 3.8) is 0 Å². The third kappa shape index (κ3) is 3.45. The molecular formula is C22H20FNO3. The van der Waals surface area contributed by atoms with Gasteiger partial charge in [-0.1, -0.05) is 37.3 Å². The molecule has 1 aromatic heterocycles. The molecule has 27 heavy (non-hydrogen) atoms. The van der Waals surface area contributed by atoms with Gasteiger partial charge in [0.15, 0.2) is 17.3 Å². The van der Waals surface area contributed by atoms with Gasteiger partial charge in [0.2, 0.25) is 0 Å². The fraction of sp³-hybridized carbons (Fsp3) is 0.227. The number of hydrogen-bond donors (Lipinski definition) is 0. The van der Waals surface area contributed by atoms with Crippen LogP contribution >= 0.6 is 0 Å². The second kappa shape index (κ2) is 7.27. The molecule has 2 aromatic carbocycles. The van der Waals surface area contributed by atoms with E-state index in [1.807, 2.05) is 18.2 Å². The predicted molar refractivity (Wildman–Crippen MR) is 101 cm³/mol. The quantitative estimate of drug-likeness (QED) is 0.642. The Morgan fingerprint density at radius 3 is 2.78 bits per heavy atom. The zero-order valence-electron chi connectivity index (χ0n) is 15.0. The zero-order chi connectivity index (χ0) is 18.8. The van der Waals surface area contributed by atoms with Crippen LogP contribution in [-0.2, 0) is 6.61 Å². The Labute approximate surface area is 157 Å². The maximum absolute atomic E-state index is 13.6. The Kier molecular flexibility index (Phi) is 4.67. The monoisotopic (exact) mass is 365 g/mol. The molecule has 0 saturated carbocycles. The number of carbonyl (C=O) groups is 1. The molecule has 3 aromatic rings. The Morgan fingerprint density at radius 1 is 1.15 bits per heavy atom. The average molecular weight is 365 g/mol. The van der Waals surface area contributed by atoms with Crippen LogP contribution in [0.4, 0.5) is 10.1 Å². The van der Waals surface area contributed by atoms with E-state index in [4.69, 9.17) is 9.15 Å². The van der Waals surface area contributed by atoms with Crippen molar-refractivity contribution in [3.8, 4) is 5.75 Å². The van der Waals surface area contributed by atoms with Crippen molar-refractivity contribution in [1.82, 2.24) is 0 Å². The number of benzene rings is 2. The molecular weight excluding hydrogens is 345 g/mol. The first-order chi connectivity index (χ1) is 13.1. The van der Waals surface area contributed by atoms with E-state index in [1.165, 1.54) is 11.6 Å². The highest BCUT2D eigenvalue weighted by molar-refractivity contribution is 6.05. The Morgan fingerprint density at radius 2 is 1.93 bits per heavy atom. The van der Waals surface area contributed by atoms with Crippen LogP contribution in [-0.4, -0.2) is 12.5 Å². The summed E-state index contributed by atoms with van der Waals surface area (Å²) in [5.74, 6) is 0.699. The van der Waals surface area contributed by atoms with Crippen molar-refractivity contribution in [3.05, 3.63) is 83.6 Å². The number of nitrogens with zero attached hydrogens (tertiary/aromatic N) is 1. The van der Waals surface area contributed by atoms with Gasteiger partial charge in [-0.05, 0) is 48.2 Å². The minimum Gasteiger partial charge on any atom is -0.483 e. The number of hydrogen-bond acceptors (Lipinski definition) is 3. The van der Waals surface area contributed by atoms with Crippen molar-refractivity contribution in [2.45, 2.75) is 25.9 Å². The number of carbonyl (C=O) groups excluding carboxylic acids is 1. The van der Waals surface area contributed by atoms with Crippen molar-refractivity contribution >= 4 is 11.6 Å². The van der Waals surface area contributed by atoms with Gasteiger partial charge in [-0.2, -0.15) is 0 Å². The van der Waals surface area contributed by atoms with E-state index in [-0.39, 0.29) is 24.0 Å². The van der Waals surface area contributed by atoms with Crippen LogP contribution in [0.2, 0.25) is 0 Å². The topological polar surface area (TPSA) is 42.7 Å². The van der Waals surface area contributed by atoms with Crippen LogP contribution in [0.15, 0.2) is 65.1 Å². The third-order valence-corrected chi connectivity index (χ3v) is 4.87. The maximum Gasteiger partial charge on any atom is 0.293 e. The second-order valence-corrected chi connectivity index (χ2v) is 6.69. The van der Waals surface area contributed by atoms with E-state index in [9.17, 15) is 9.18 Å². The van der Waals surface area contributed by atoms with E-state index < -0.39 is 5.82 Å². The van der Waals surface area contributed by atoms with Gasteiger partial charge in [0.1, 0.15) is 12.4 Å². The summed E-state index contributed by atoms with van der Waals surface area (Å²) < 4.78 is 24.7. The maximum atomic E-state index is 13.6. The van der Waals surface area contributed by atoms with Crippen molar-refractivity contribution in [2.24, 2.45) is 0 Å². The van der Waals surface area contributed by atoms with E-state index in [0.29, 0.717) is 18.2 Å². The van der Waals surface area contributed by atoms with E-state index in [0.717, 1.165) is 12.1 Å². The fourth-order valence-electron chi connectivity index (χ4n) is 3.37. The standard InChI is InChI=1S/C22H20FNO3/c1-15-12-13-24(19-8-4-2-6-17(15)19)22(25)21-11-10-16(27-21)14-26-20-9-5-3-7-18(20)23/h2-11,15H,12-14H2,1H3/t15-/m1/s1. The minimum atomic E-state index is -0.431. The minimum absolute atomic E-state index is 0.0574. The summed E-state index contributed by atoms with van der Waals surface area (Å²) in [6, 6.07) is 17.5. The summed E-state index contributed by atoms with van der Waals surface area (Å²) in [5.41, 5.74) is 2.11. The zero-order valence-corrected chi connectivity index (χ0v) is 15.0. The molecule has 5 heteroatoms. The predicted octanol–water partition coefficient (Wildman–Crippen LogP) is 5.15. The molecule has 1 aliphatic heterocycles. The average Bonchev–Trinajstić information content (AvgIpc) is 3.16. The molecule has 4 nitrogen and oxygen atoms in total. The summed E-state index contributed by atoms with van der Waals surface area (Å²) >= 11 is 0. The molecule has 0 N–H and O–H groups in total. The normalized spacial score (nSPS) is 16.1. The first-order valence-electron chi connectivity index (χ1n) is 9.00. The van der Waals surface area contributed by atoms with Crippen LogP contribution in [0, 0.1) is 5.82 Å². The molecule has 0 aliphatic carbocycles. The van der Waals surface area contributed by atoms with Gasteiger partial charge in [0, 0.05) is 12.2 Å². The van der Waals surface area contributed by atoms with Gasteiger partial charge >= 0.3 is 0 Å². The Hall–Kier alpha value is -3.08. The van der Waals surface area contributed by atoms with Gasteiger partial charge in [-0.25, -0.2) is 4.39 Å². The highest BCUT2D eigenvalue weighted by Gasteiger charge is 2.28. The van der Waals surface area contributed by atoms with Gasteiger partial charge in [-0.15, -0.1) is 0 Å². The van der Waals surface area contributed by atoms with Gasteiger partial charge in [0.25, 0.3) is 5.91 Å². The molecule has 2 heterocycles. The molecule has 1 aliphatic rings. The number of amides is 1. The van der Waals surface area contributed by atoms with Crippen LogP contribution in [0.3, 0.4) is 0 Å². The number of ether oxygens (including phenoxy) is 1. The molecule has 138 valence electrons. The summed E-state index contributed by atoms with van der Waals surface area (Å²) in [7, 11) is 0. The Bertz CT molecular complexity index is 965. The second-order valence-electron chi connectivity index (χ2n) is 6.69. The molecule has 0 unspecified atom stereocenters. The van der Waals surface area contributed by atoms with Crippen molar-refractivity contribution in [2.75, 3.05) is 11.4 Å². The summed E-state index contributed by atoms with van der Waals surface area (Å²) in [6.07, 6.45) is 0.909. The smallest absolute Gasteiger partial charge is 0.293 e. The molecule has 1 amide bonds. The number of halogens is 1. The molecule has 4 rings (SSSR count). The van der Waals surface area contributed by atoms with Gasteiger partial charge < -0.3 is 14.1 Å². The molecule has 0 radical (unpaired) electrons. The molecule has 0 fully saturated rings. The fourth-order valence-corrected chi connectivity index (χ4v) is 3.37. The van der Waals surface area contributed by atoms with Crippen LogP contribution in [0.25, 0.3) is 0 Å². The lowest BCUT2D eigenvalue weighted by Crippen LogP contribution is -2.36. The first kappa shape index (κ1) is 17.3. The number of rotatable bonds is 4. The van der Waals surface area contributed by atoms with E-state index in [2.05, 4.69) is 13.0 Å². The highest BCUT2D eigenvalue weighted by atomic mass is 19.1. The van der Waals surface area contributed by atoms with Crippen LogP contribution in [0.1, 0.15) is 41.1 Å². The third-order valence-electron chi connectivity index (χ3n) is 4.87. The number of para-hydroxylation sites is 2. The molecule has 0 bridgehead atoms. The lowest BCUT2D eigenvalue weighted by molar-refractivity contribution is 0.0953. The van der Waals surface area contributed by atoms with Crippen molar-refractivity contribution in [1.29, 1.82) is 0 Å². The molecule has 0 saturated heterocycles. The summed E-state index contributed by atoms with van der Waals surface area (Å²) in [4.78, 5) is 14.7. The Balaban J connectivity index is 1.49. The molecule has 0 spiro atoms. The lowest BCUT2D eigenvalue weighted by atomic mass is 9.91. The lowest BCUT2D eigenvalue weighted by Gasteiger charge is -2.32. The summed E-state index contributed by atoms with van der Waals surface area (Å²) in [5, 5.41) is 0. The number of anilines is 1. The van der Waals surface area contributed by atoms with Crippen LogP contribution in [0.5, 0.6) is 5.75 Å². The largest absolute Gasteiger partial charge is 0.483 e. The highest BCUT2D eigenvalue weighted by Crippen LogP contribution is 2.35. The first-order valence-corrected chi connectivity index (χ1v) is 9.00. The van der Waals surface area contributed by atoms with Crippen molar-refractivity contribution < 1.29 is 18.3 Å². The summed E-state index contributed by atoms with van der Waals surface area (Å²) in [6.45, 7) is 2.88. The SMILES string of the molecule is C[C@@H]1CCN(C(=O)c2ccc(COc3ccccc3F)o2)c2ccccc21. The van der Waals surface area contributed by atoms with Gasteiger partial charge in [0.05, 0.1) is 0 Å². The van der Waals surface area contributed by atoms with E-state index in [1.54, 1.807) is 35.2 Å². The number of furan rings is 1. The van der Waals surface area contributed by atoms with Gasteiger partial charge in [-0.3, -0.25) is 4.79 Å². The molecule has 1 atom stereocenters. The van der Waals surface area contributed by atoms with E-state index >= 15 is 0 Å².